The zero-order valence-electron chi connectivity index (χ0n) is 8.97. The highest BCUT2D eigenvalue weighted by atomic mass is 32.1. The molecule has 2 aromatic rings. The molecule has 0 saturated heterocycles. The van der Waals surface area contributed by atoms with Crippen molar-refractivity contribution in [3.05, 3.63) is 28.7 Å². The maximum Gasteiger partial charge on any atom is 0.195 e. The Morgan fingerprint density at radius 2 is 2.25 bits per heavy atom. The van der Waals surface area contributed by atoms with Gasteiger partial charge in [-0.1, -0.05) is 6.07 Å². The standard InChI is InChI=1S/C11H12N4S/c1-7-3-2-4-9(12-7)10-13-14-11(16)15(10)8-5-6-8/h2-4,8H,5-6H2,1H3,(H,14,16). The van der Waals surface area contributed by atoms with E-state index in [-0.39, 0.29) is 0 Å². The number of nitrogens with one attached hydrogen (secondary N) is 1. The molecule has 2 heterocycles. The lowest BCUT2D eigenvalue weighted by atomic mass is 10.3. The van der Waals surface area contributed by atoms with Gasteiger partial charge in [-0.15, -0.1) is 0 Å². The Labute approximate surface area is 98.3 Å². The van der Waals surface area contributed by atoms with Crippen LogP contribution in [0.1, 0.15) is 24.6 Å². The van der Waals surface area contributed by atoms with Gasteiger partial charge in [-0.2, -0.15) is 5.10 Å². The summed E-state index contributed by atoms with van der Waals surface area (Å²) in [7, 11) is 0. The summed E-state index contributed by atoms with van der Waals surface area (Å²) in [6, 6.07) is 6.46. The lowest BCUT2D eigenvalue weighted by Crippen LogP contribution is -1.99. The summed E-state index contributed by atoms with van der Waals surface area (Å²) in [4.78, 5) is 4.48. The normalized spacial score (nSPS) is 15.3. The van der Waals surface area contributed by atoms with Gasteiger partial charge in [-0.25, -0.2) is 4.98 Å². The van der Waals surface area contributed by atoms with Crippen molar-refractivity contribution in [2.45, 2.75) is 25.8 Å². The Kier molecular flexibility index (Phi) is 2.14. The average Bonchev–Trinajstić information content (AvgIpc) is 3.02. The second kappa shape index (κ2) is 3.52. The van der Waals surface area contributed by atoms with Gasteiger partial charge in [0.1, 0.15) is 5.69 Å². The second-order valence-corrected chi connectivity index (χ2v) is 4.50. The number of aromatic nitrogens is 4. The molecule has 0 aromatic carbocycles. The number of aromatic amines is 1. The summed E-state index contributed by atoms with van der Waals surface area (Å²) in [5, 5.41) is 7.12. The van der Waals surface area contributed by atoms with Crippen molar-refractivity contribution in [3.63, 3.8) is 0 Å². The molecule has 3 rings (SSSR count). The molecule has 0 amide bonds. The van der Waals surface area contributed by atoms with E-state index in [9.17, 15) is 0 Å². The van der Waals surface area contributed by atoms with Crippen molar-refractivity contribution in [1.29, 1.82) is 0 Å². The Morgan fingerprint density at radius 3 is 2.94 bits per heavy atom. The van der Waals surface area contributed by atoms with E-state index in [1.165, 1.54) is 12.8 Å². The number of rotatable bonds is 2. The summed E-state index contributed by atoms with van der Waals surface area (Å²) in [5.74, 6) is 0.858. The fourth-order valence-corrected chi connectivity index (χ4v) is 2.11. The molecule has 5 heteroatoms. The van der Waals surface area contributed by atoms with E-state index < -0.39 is 0 Å². The molecule has 2 aromatic heterocycles. The Morgan fingerprint density at radius 1 is 1.44 bits per heavy atom. The second-order valence-electron chi connectivity index (χ2n) is 4.12. The summed E-state index contributed by atoms with van der Waals surface area (Å²) in [6.45, 7) is 1.98. The molecule has 0 spiro atoms. The molecule has 0 radical (unpaired) electrons. The minimum Gasteiger partial charge on any atom is -0.296 e. The highest BCUT2D eigenvalue weighted by Gasteiger charge is 2.27. The van der Waals surface area contributed by atoms with E-state index in [2.05, 4.69) is 19.7 Å². The molecule has 1 saturated carbocycles. The third-order valence-corrected chi connectivity index (χ3v) is 3.02. The molecule has 1 aliphatic rings. The lowest BCUT2D eigenvalue weighted by Gasteiger charge is -2.04. The Bertz CT molecular complexity index is 580. The van der Waals surface area contributed by atoms with E-state index in [0.717, 1.165) is 17.2 Å². The van der Waals surface area contributed by atoms with E-state index in [1.54, 1.807) is 0 Å². The first-order valence-electron chi connectivity index (χ1n) is 5.36. The first-order chi connectivity index (χ1) is 7.75. The molecule has 0 unspecified atom stereocenters. The number of aryl methyl sites for hydroxylation is 1. The van der Waals surface area contributed by atoms with Gasteiger partial charge in [0.15, 0.2) is 10.6 Å². The summed E-state index contributed by atoms with van der Waals surface area (Å²) < 4.78 is 2.78. The van der Waals surface area contributed by atoms with Gasteiger partial charge in [0.2, 0.25) is 0 Å². The summed E-state index contributed by atoms with van der Waals surface area (Å²) in [5.41, 5.74) is 1.88. The molecule has 16 heavy (non-hydrogen) atoms. The van der Waals surface area contributed by atoms with Gasteiger partial charge in [0.25, 0.3) is 0 Å². The van der Waals surface area contributed by atoms with Crippen LogP contribution < -0.4 is 0 Å². The van der Waals surface area contributed by atoms with E-state index in [0.29, 0.717) is 10.8 Å². The highest BCUT2D eigenvalue weighted by Crippen LogP contribution is 2.37. The maximum absolute atomic E-state index is 5.24. The molecule has 0 aliphatic heterocycles. The number of hydrogen-bond acceptors (Lipinski definition) is 3. The van der Waals surface area contributed by atoms with Crippen molar-refractivity contribution in [2.75, 3.05) is 0 Å². The van der Waals surface area contributed by atoms with Crippen LogP contribution in [0.3, 0.4) is 0 Å². The van der Waals surface area contributed by atoms with Gasteiger partial charge >= 0.3 is 0 Å². The topological polar surface area (TPSA) is 46.5 Å². The number of pyridine rings is 1. The first-order valence-corrected chi connectivity index (χ1v) is 5.77. The predicted molar refractivity (Wildman–Crippen MR) is 63.7 cm³/mol. The SMILES string of the molecule is Cc1cccc(-c2n[nH]c(=S)n2C2CC2)n1. The van der Waals surface area contributed by atoms with Gasteiger partial charge in [-0.3, -0.25) is 9.67 Å². The minimum absolute atomic E-state index is 0.517. The molecular weight excluding hydrogens is 220 g/mol. The summed E-state index contributed by atoms with van der Waals surface area (Å²) in [6.07, 6.45) is 2.37. The van der Waals surface area contributed by atoms with E-state index in [1.807, 2.05) is 25.1 Å². The van der Waals surface area contributed by atoms with E-state index in [4.69, 9.17) is 12.2 Å². The molecule has 4 nitrogen and oxygen atoms in total. The molecule has 1 N–H and O–H groups in total. The molecule has 1 aliphatic carbocycles. The molecule has 0 atom stereocenters. The third kappa shape index (κ3) is 1.57. The van der Waals surface area contributed by atoms with Crippen molar-refractivity contribution in [3.8, 4) is 11.5 Å². The van der Waals surface area contributed by atoms with Crippen LogP contribution in [0, 0.1) is 11.7 Å². The minimum atomic E-state index is 0.517. The van der Waals surface area contributed by atoms with Crippen molar-refractivity contribution in [2.24, 2.45) is 0 Å². The van der Waals surface area contributed by atoms with Crippen molar-refractivity contribution >= 4 is 12.2 Å². The fraction of sp³-hybridized carbons (Fsp3) is 0.364. The molecule has 82 valence electrons. The number of H-pyrrole nitrogens is 1. The van der Waals surface area contributed by atoms with Gasteiger partial charge in [0, 0.05) is 11.7 Å². The average molecular weight is 232 g/mol. The van der Waals surface area contributed by atoms with Crippen LogP contribution in [0.4, 0.5) is 0 Å². The van der Waals surface area contributed by atoms with E-state index >= 15 is 0 Å². The first kappa shape index (κ1) is 9.72. The quantitative estimate of drug-likeness (QED) is 0.810. The van der Waals surface area contributed by atoms with Gasteiger partial charge in [-0.05, 0) is 44.1 Å². The Hall–Kier alpha value is -1.49. The summed E-state index contributed by atoms with van der Waals surface area (Å²) >= 11 is 5.24. The predicted octanol–water partition coefficient (Wildman–Crippen LogP) is 2.65. The monoisotopic (exact) mass is 232 g/mol. The number of hydrogen-bond donors (Lipinski definition) is 1. The molecule has 0 bridgehead atoms. The zero-order valence-corrected chi connectivity index (χ0v) is 9.79. The number of nitrogens with zero attached hydrogens (tertiary/aromatic N) is 3. The highest BCUT2D eigenvalue weighted by molar-refractivity contribution is 7.71. The zero-order chi connectivity index (χ0) is 11.1. The van der Waals surface area contributed by atoms with Crippen molar-refractivity contribution in [1.82, 2.24) is 19.7 Å². The van der Waals surface area contributed by atoms with Crippen LogP contribution in [0.5, 0.6) is 0 Å². The molecular formula is C11H12N4S. The van der Waals surface area contributed by atoms with Gasteiger partial charge < -0.3 is 0 Å². The smallest absolute Gasteiger partial charge is 0.195 e. The van der Waals surface area contributed by atoms with Crippen LogP contribution in [-0.4, -0.2) is 19.7 Å². The van der Waals surface area contributed by atoms with Crippen molar-refractivity contribution < 1.29 is 0 Å². The lowest BCUT2D eigenvalue weighted by molar-refractivity contribution is 0.732. The van der Waals surface area contributed by atoms with Crippen LogP contribution >= 0.6 is 12.2 Å². The van der Waals surface area contributed by atoms with Crippen LogP contribution in [-0.2, 0) is 0 Å². The van der Waals surface area contributed by atoms with Crippen LogP contribution in [0.25, 0.3) is 11.5 Å². The third-order valence-electron chi connectivity index (χ3n) is 2.73. The maximum atomic E-state index is 5.24. The Balaban J connectivity index is 2.16. The fourth-order valence-electron chi connectivity index (χ4n) is 1.82. The molecule has 1 fully saturated rings. The van der Waals surface area contributed by atoms with Gasteiger partial charge in [0.05, 0.1) is 0 Å². The largest absolute Gasteiger partial charge is 0.296 e. The van der Waals surface area contributed by atoms with Crippen LogP contribution in [0.15, 0.2) is 18.2 Å². The van der Waals surface area contributed by atoms with Crippen LogP contribution in [0.2, 0.25) is 0 Å².